The third-order valence-corrected chi connectivity index (χ3v) is 7.15. The van der Waals surface area contributed by atoms with Gasteiger partial charge < -0.3 is 24.8 Å². The number of allylic oxidation sites excluding steroid dienone is 1. The highest BCUT2D eigenvalue weighted by atomic mass is 16.6. The molecule has 1 saturated heterocycles. The van der Waals surface area contributed by atoms with Gasteiger partial charge in [0.25, 0.3) is 0 Å². The van der Waals surface area contributed by atoms with Gasteiger partial charge >= 0.3 is 5.97 Å². The summed E-state index contributed by atoms with van der Waals surface area (Å²) < 4.78 is 17.9. The first-order chi connectivity index (χ1) is 15.5. The van der Waals surface area contributed by atoms with Crippen molar-refractivity contribution < 1.29 is 19.0 Å². The molecule has 0 spiro atoms. The molecule has 2 aromatic carbocycles. The normalized spacial score (nSPS) is 26.3. The monoisotopic (exact) mass is 434 g/mol. The van der Waals surface area contributed by atoms with Gasteiger partial charge in [0.1, 0.15) is 5.76 Å². The fraction of sp³-hybridized carbons (Fsp3) is 0.423. The van der Waals surface area contributed by atoms with E-state index in [2.05, 4.69) is 24.1 Å². The number of rotatable bonds is 3. The number of methoxy groups -OCH3 is 1. The lowest BCUT2D eigenvalue weighted by atomic mass is 9.81. The maximum absolute atomic E-state index is 13.0. The number of nitrogens with two attached hydrogens (primary N) is 1. The second-order valence-corrected chi connectivity index (χ2v) is 9.02. The molecule has 0 saturated carbocycles. The summed E-state index contributed by atoms with van der Waals surface area (Å²) in [6.07, 6.45) is 6.57. The first kappa shape index (κ1) is 20.9. The molecule has 2 aliphatic heterocycles. The Balaban J connectivity index is 1.53. The number of hydrogen-bond acceptors (Lipinski definition) is 6. The number of nitrogen functional groups attached to an aromatic ring is 1. The van der Waals surface area contributed by atoms with Crippen LogP contribution in [0.3, 0.4) is 0 Å². The van der Waals surface area contributed by atoms with Gasteiger partial charge in [-0.15, -0.1) is 0 Å². The molecule has 3 unspecified atom stereocenters. The lowest BCUT2D eigenvalue weighted by Crippen LogP contribution is -2.44. The van der Waals surface area contributed by atoms with Crippen LogP contribution in [0.15, 0.2) is 48.2 Å². The molecule has 5 rings (SSSR count). The minimum atomic E-state index is -0.449. The van der Waals surface area contributed by atoms with Crippen molar-refractivity contribution in [3.63, 3.8) is 0 Å². The van der Waals surface area contributed by atoms with E-state index < -0.39 is 5.97 Å². The zero-order valence-corrected chi connectivity index (χ0v) is 18.7. The van der Waals surface area contributed by atoms with Crippen LogP contribution < -0.4 is 15.2 Å². The van der Waals surface area contributed by atoms with Crippen LogP contribution >= 0.6 is 0 Å². The minimum Gasteiger partial charge on any atom is -0.493 e. The smallest absolute Gasteiger partial charge is 0.345 e. The number of para-hydroxylation sites is 1. The molecule has 2 heterocycles. The predicted molar refractivity (Wildman–Crippen MR) is 123 cm³/mol. The van der Waals surface area contributed by atoms with Crippen molar-refractivity contribution in [3.05, 3.63) is 64.9 Å². The molecule has 0 aromatic heterocycles. The Hall–Kier alpha value is -2.99. The number of nitrogens with zero attached hydrogens (tertiary/aromatic N) is 1. The van der Waals surface area contributed by atoms with Gasteiger partial charge in [0.05, 0.1) is 12.7 Å². The van der Waals surface area contributed by atoms with E-state index in [4.69, 9.17) is 19.9 Å². The number of piperidine rings is 1. The Kier molecular flexibility index (Phi) is 5.55. The molecular weight excluding hydrogens is 404 g/mol. The summed E-state index contributed by atoms with van der Waals surface area (Å²) in [5, 5.41) is 0. The Labute approximate surface area is 188 Å². The van der Waals surface area contributed by atoms with E-state index in [-0.39, 0.29) is 6.10 Å². The summed E-state index contributed by atoms with van der Waals surface area (Å²) in [5.74, 6) is 2.11. The second kappa shape index (κ2) is 8.51. The van der Waals surface area contributed by atoms with Gasteiger partial charge in [0.2, 0.25) is 0 Å². The molecule has 32 heavy (non-hydrogen) atoms. The highest BCUT2D eigenvalue weighted by molar-refractivity contribution is 5.95. The SMILES string of the molecule is COc1ccc2c3c1OC(C3)/C(OC(=O)c1ccccc1N)=C\CC1CCCN(C)C1C2. The average Bonchev–Trinajstić information content (AvgIpc) is 3.24. The number of hydrogen-bond donors (Lipinski definition) is 1. The highest BCUT2D eigenvalue weighted by Gasteiger charge is 2.37. The lowest BCUT2D eigenvalue weighted by Gasteiger charge is -2.39. The van der Waals surface area contributed by atoms with Crippen molar-refractivity contribution in [1.29, 1.82) is 0 Å². The molecule has 168 valence electrons. The molecule has 1 aliphatic carbocycles. The van der Waals surface area contributed by atoms with Crippen molar-refractivity contribution in [2.24, 2.45) is 5.92 Å². The molecule has 3 aliphatic rings. The van der Waals surface area contributed by atoms with Gasteiger partial charge in [0.15, 0.2) is 17.6 Å². The third kappa shape index (κ3) is 3.73. The van der Waals surface area contributed by atoms with Crippen molar-refractivity contribution in [2.45, 2.75) is 44.2 Å². The molecule has 0 amide bonds. The summed E-state index contributed by atoms with van der Waals surface area (Å²) in [7, 11) is 3.87. The highest BCUT2D eigenvalue weighted by Crippen LogP contribution is 2.44. The number of likely N-dealkylation sites (N-methyl/N-ethyl adjacent to an activating group) is 1. The Morgan fingerprint density at radius 2 is 2.03 bits per heavy atom. The number of anilines is 1. The van der Waals surface area contributed by atoms with E-state index in [0.717, 1.165) is 36.4 Å². The molecular formula is C26H30N2O4. The number of likely N-dealkylation sites (tertiary alicyclic amines) is 1. The third-order valence-electron chi connectivity index (χ3n) is 7.15. The van der Waals surface area contributed by atoms with Gasteiger partial charge in [-0.2, -0.15) is 0 Å². The van der Waals surface area contributed by atoms with Gasteiger partial charge in [-0.3, -0.25) is 0 Å². The number of ether oxygens (including phenoxy) is 3. The van der Waals surface area contributed by atoms with Gasteiger partial charge in [-0.05, 0) is 75.0 Å². The molecule has 2 bridgehead atoms. The van der Waals surface area contributed by atoms with Crippen LogP contribution in [0.1, 0.15) is 40.7 Å². The van der Waals surface area contributed by atoms with E-state index in [9.17, 15) is 4.79 Å². The van der Waals surface area contributed by atoms with Crippen LogP contribution in [0.2, 0.25) is 0 Å². The van der Waals surface area contributed by atoms with E-state index in [0.29, 0.717) is 35.4 Å². The molecule has 1 fully saturated rings. The summed E-state index contributed by atoms with van der Waals surface area (Å²) in [6, 6.07) is 11.6. The maximum atomic E-state index is 13.0. The van der Waals surface area contributed by atoms with Crippen molar-refractivity contribution >= 4 is 11.7 Å². The minimum absolute atomic E-state index is 0.355. The number of benzene rings is 2. The Morgan fingerprint density at radius 3 is 2.84 bits per heavy atom. The Morgan fingerprint density at radius 1 is 1.19 bits per heavy atom. The van der Waals surface area contributed by atoms with E-state index in [1.54, 1.807) is 31.4 Å². The lowest BCUT2D eigenvalue weighted by molar-refractivity contribution is 0.0538. The van der Waals surface area contributed by atoms with Gasteiger partial charge in [0, 0.05) is 23.7 Å². The summed E-state index contributed by atoms with van der Waals surface area (Å²) in [5.41, 5.74) is 9.25. The number of carbonyl (C=O) groups excluding carboxylic acids is 1. The van der Waals surface area contributed by atoms with Crippen molar-refractivity contribution in [2.75, 3.05) is 26.4 Å². The molecule has 3 atom stereocenters. The van der Waals surface area contributed by atoms with Crippen molar-refractivity contribution in [1.82, 2.24) is 4.90 Å². The summed E-state index contributed by atoms with van der Waals surface area (Å²) in [6.45, 7) is 1.11. The fourth-order valence-corrected chi connectivity index (χ4v) is 5.38. The van der Waals surface area contributed by atoms with E-state index >= 15 is 0 Å². The first-order valence-corrected chi connectivity index (χ1v) is 11.4. The maximum Gasteiger partial charge on any atom is 0.345 e. The largest absolute Gasteiger partial charge is 0.493 e. The van der Waals surface area contributed by atoms with E-state index in [1.165, 1.54) is 18.4 Å². The molecule has 2 N–H and O–H groups in total. The summed E-state index contributed by atoms with van der Waals surface area (Å²) in [4.78, 5) is 15.5. The van der Waals surface area contributed by atoms with Crippen LogP contribution in [0.25, 0.3) is 0 Å². The average molecular weight is 435 g/mol. The first-order valence-electron chi connectivity index (χ1n) is 11.4. The zero-order valence-electron chi connectivity index (χ0n) is 18.7. The van der Waals surface area contributed by atoms with Crippen LogP contribution in [-0.2, 0) is 17.6 Å². The molecule has 2 aromatic rings. The number of carbonyl (C=O) groups is 1. The molecule has 6 heteroatoms. The van der Waals surface area contributed by atoms with Gasteiger partial charge in [-0.25, -0.2) is 4.79 Å². The van der Waals surface area contributed by atoms with Crippen LogP contribution in [-0.4, -0.2) is 43.7 Å². The standard InChI is InChI=1S/C26H30N2O4/c1-28-13-5-6-16-9-11-22(32-26(29)18-7-3-4-8-20(18)27)24-15-19-17(14-21(16)28)10-12-23(30-2)25(19)31-24/h3-4,7-8,10-12,16,21,24H,5-6,9,13-15,27H2,1-2H3/b22-11+. The van der Waals surface area contributed by atoms with Crippen LogP contribution in [0.5, 0.6) is 11.5 Å². The molecule has 0 radical (unpaired) electrons. The van der Waals surface area contributed by atoms with Crippen LogP contribution in [0, 0.1) is 5.92 Å². The quantitative estimate of drug-likeness (QED) is 0.582. The van der Waals surface area contributed by atoms with Gasteiger partial charge in [-0.1, -0.05) is 18.2 Å². The Bertz CT molecular complexity index is 1060. The topological polar surface area (TPSA) is 74.0 Å². The summed E-state index contributed by atoms with van der Waals surface area (Å²) >= 11 is 0. The predicted octanol–water partition coefficient (Wildman–Crippen LogP) is 3.98. The number of esters is 1. The second-order valence-electron chi connectivity index (χ2n) is 9.02. The van der Waals surface area contributed by atoms with Crippen molar-refractivity contribution in [3.8, 4) is 11.5 Å². The zero-order chi connectivity index (χ0) is 22.2. The molecule has 6 nitrogen and oxygen atoms in total. The van der Waals surface area contributed by atoms with E-state index in [1.807, 2.05) is 6.07 Å². The number of fused-ring (bicyclic) bond motifs is 2. The van der Waals surface area contributed by atoms with Crippen LogP contribution in [0.4, 0.5) is 5.69 Å². The fourth-order valence-electron chi connectivity index (χ4n) is 5.38.